The van der Waals surface area contributed by atoms with Gasteiger partial charge < -0.3 is 15.7 Å². The van der Waals surface area contributed by atoms with Crippen LogP contribution in [0.2, 0.25) is 0 Å². The lowest BCUT2D eigenvalue weighted by atomic mass is 9.72. The van der Waals surface area contributed by atoms with Crippen molar-refractivity contribution in [3.63, 3.8) is 0 Å². The lowest BCUT2D eigenvalue weighted by Crippen LogP contribution is -2.54. The van der Waals surface area contributed by atoms with Crippen molar-refractivity contribution in [2.75, 3.05) is 13.1 Å². The van der Waals surface area contributed by atoms with Crippen molar-refractivity contribution in [3.8, 4) is 0 Å². The van der Waals surface area contributed by atoms with Gasteiger partial charge in [0.1, 0.15) is 0 Å². The third-order valence-electron chi connectivity index (χ3n) is 5.23. The Balaban J connectivity index is 2.07. The number of likely N-dealkylation sites (tertiary alicyclic amines) is 1. The Morgan fingerprint density at radius 1 is 1.14 bits per heavy atom. The molecule has 0 spiro atoms. The number of piperidine rings is 1. The highest BCUT2D eigenvalue weighted by Crippen LogP contribution is 2.38. The van der Waals surface area contributed by atoms with Crippen molar-refractivity contribution >= 4 is 11.9 Å². The minimum Gasteiger partial charge on any atom is -0.481 e. The topological polar surface area (TPSA) is 83.6 Å². The molecule has 0 aromatic carbocycles. The van der Waals surface area contributed by atoms with Gasteiger partial charge in [-0.15, -0.1) is 0 Å². The molecule has 1 aliphatic heterocycles. The highest BCUT2D eigenvalue weighted by Gasteiger charge is 2.43. The number of nitrogens with two attached hydrogens (primary N) is 1. The summed E-state index contributed by atoms with van der Waals surface area (Å²) in [6.07, 6.45) is 8.89. The van der Waals surface area contributed by atoms with Crippen molar-refractivity contribution < 1.29 is 14.7 Å². The average Bonchev–Trinajstić information content (AvgIpc) is 2.53. The lowest BCUT2D eigenvalue weighted by molar-refractivity contribution is -0.149. The standard InChI is InChI=1S/C16H28N2O3/c17-12-16(9-3-1-4-10-16)15(21)18-11-5-2-6-13(18)7-8-14(19)20/h13H,1-12,17H2,(H,19,20). The molecule has 120 valence electrons. The zero-order valence-corrected chi connectivity index (χ0v) is 12.9. The average molecular weight is 296 g/mol. The molecular formula is C16H28N2O3. The second kappa shape index (κ2) is 7.25. The van der Waals surface area contributed by atoms with Crippen LogP contribution in [0.25, 0.3) is 0 Å². The third kappa shape index (κ3) is 3.76. The normalized spacial score (nSPS) is 25.6. The van der Waals surface area contributed by atoms with Gasteiger partial charge in [-0.1, -0.05) is 19.3 Å². The van der Waals surface area contributed by atoms with E-state index in [2.05, 4.69) is 0 Å². The molecule has 0 radical (unpaired) electrons. The fourth-order valence-corrected chi connectivity index (χ4v) is 3.90. The zero-order valence-electron chi connectivity index (χ0n) is 12.9. The Kier molecular flexibility index (Phi) is 5.62. The van der Waals surface area contributed by atoms with Crippen LogP contribution in [-0.2, 0) is 9.59 Å². The number of hydrogen-bond acceptors (Lipinski definition) is 3. The second-order valence-electron chi connectivity index (χ2n) is 6.63. The molecule has 0 aromatic heterocycles. The number of carbonyl (C=O) groups excluding carboxylic acids is 1. The monoisotopic (exact) mass is 296 g/mol. The van der Waals surface area contributed by atoms with E-state index >= 15 is 0 Å². The molecule has 5 nitrogen and oxygen atoms in total. The highest BCUT2D eigenvalue weighted by molar-refractivity contribution is 5.83. The summed E-state index contributed by atoms with van der Waals surface area (Å²) in [7, 11) is 0. The molecule has 3 N–H and O–H groups in total. The SMILES string of the molecule is NCC1(C(=O)N2CCCCC2CCC(=O)O)CCCCC1. The Labute approximate surface area is 126 Å². The van der Waals surface area contributed by atoms with Gasteiger partial charge in [0.2, 0.25) is 5.91 Å². The molecule has 1 saturated heterocycles. The predicted molar refractivity (Wildman–Crippen MR) is 80.8 cm³/mol. The summed E-state index contributed by atoms with van der Waals surface area (Å²) in [5.74, 6) is -0.584. The summed E-state index contributed by atoms with van der Waals surface area (Å²) >= 11 is 0. The Hall–Kier alpha value is -1.10. The minimum absolute atomic E-state index is 0.0905. The van der Waals surface area contributed by atoms with Crippen LogP contribution in [0, 0.1) is 5.41 Å². The number of nitrogens with zero attached hydrogens (tertiary/aromatic N) is 1. The lowest BCUT2D eigenvalue weighted by Gasteiger charge is -2.44. The van der Waals surface area contributed by atoms with Gasteiger partial charge in [-0.3, -0.25) is 9.59 Å². The molecule has 1 aliphatic carbocycles. The summed E-state index contributed by atoms with van der Waals surface area (Å²) in [6.45, 7) is 1.19. The van der Waals surface area contributed by atoms with Gasteiger partial charge >= 0.3 is 5.97 Å². The molecule has 1 heterocycles. The van der Waals surface area contributed by atoms with Crippen LogP contribution < -0.4 is 5.73 Å². The number of hydrogen-bond donors (Lipinski definition) is 2. The van der Waals surface area contributed by atoms with Crippen LogP contribution in [0.4, 0.5) is 0 Å². The minimum atomic E-state index is -0.779. The molecule has 1 unspecified atom stereocenters. The van der Waals surface area contributed by atoms with Crippen molar-refractivity contribution in [1.82, 2.24) is 4.90 Å². The molecule has 1 atom stereocenters. The quantitative estimate of drug-likeness (QED) is 0.814. The molecule has 5 heteroatoms. The molecule has 0 bridgehead atoms. The van der Waals surface area contributed by atoms with Gasteiger partial charge in [0.25, 0.3) is 0 Å². The van der Waals surface area contributed by atoms with Crippen LogP contribution in [0.15, 0.2) is 0 Å². The van der Waals surface area contributed by atoms with Crippen molar-refractivity contribution in [2.24, 2.45) is 11.1 Å². The number of carboxylic acid groups (broad SMARTS) is 1. The first-order chi connectivity index (χ1) is 10.1. The van der Waals surface area contributed by atoms with Gasteiger partial charge in [-0.05, 0) is 38.5 Å². The molecule has 1 amide bonds. The Morgan fingerprint density at radius 3 is 2.48 bits per heavy atom. The number of rotatable bonds is 5. The summed E-state index contributed by atoms with van der Waals surface area (Å²) in [5, 5.41) is 8.89. The Bertz CT molecular complexity index is 378. The predicted octanol–water partition coefficient (Wildman–Crippen LogP) is 2.14. The number of amides is 1. The number of carboxylic acids is 1. The molecule has 1 saturated carbocycles. The first kappa shape index (κ1) is 16.3. The second-order valence-corrected chi connectivity index (χ2v) is 6.63. The molecule has 2 fully saturated rings. The zero-order chi connectivity index (χ0) is 15.3. The van der Waals surface area contributed by atoms with Gasteiger partial charge in [-0.2, -0.15) is 0 Å². The number of carbonyl (C=O) groups is 2. The Morgan fingerprint density at radius 2 is 1.86 bits per heavy atom. The van der Waals surface area contributed by atoms with Crippen molar-refractivity contribution in [2.45, 2.75) is 70.3 Å². The maximum atomic E-state index is 13.1. The van der Waals surface area contributed by atoms with Crippen molar-refractivity contribution in [1.29, 1.82) is 0 Å². The maximum absolute atomic E-state index is 13.1. The van der Waals surface area contributed by atoms with Crippen LogP contribution in [-0.4, -0.2) is 41.0 Å². The fraction of sp³-hybridized carbons (Fsp3) is 0.875. The van der Waals surface area contributed by atoms with E-state index in [0.29, 0.717) is 13.0 Å². The maximum Gasteiger partial charge on any atom is 0.303 e. The first-order valence-corrected chi connectivity index (χ1v) is 8.32. The van der Waals surface area contributed by atoms with E-state index in [1.807, 2.05) is 4.90 Å². The van der Waals surface area contributed by atoms with E-state index in [4.69, 9.17) is 10.8 Å². The van der Waals surface area contributed by atoms with Crippen LogP contribution in [0.3, 0.4) is 0 Å². The van der Waals surface area contributed by atoms with Crippen LogP contribution in [0.1, 0.15) is 64.2 Å². The van der Waals surface area contributed by atoms with Gasteiger partial charge in [0, 0.05) is 25.6 Å². The summed E-state index contributed by atoms with van der Waals surface area (Å²) in [6, 6.07) is 0.0905. The molecular weight excluding hydrogens is 268 g/mol. The van der Waals surface area contributed by atoms with E-state index in [-0.39, 0.29) is 23.8 Å². The summed E-state index contributed by atoms with van der Waals surface area (Å²) in [4.78, 5) is 25.8. The van der Waals surface area contributed by atoms with Gasteiger partial charge in [0.05, 0.1) is 5.41 Å². The smallest absolute Gasteiger partial charge is 0.303 e. The molecule has 2 aliphatic rings. The van der Waals surface area contributed by atoms with Crippen LogP contribution >= 0.6 is 0 Å². The van der Waals surface area contributed by atoms with E-state index in [1.165, 1.54) is 6.42 Å². The number of aliphatic carboxylic acids is 1. The van der Waals surface area contributed by atoms with Crippen LogP contribution in [0.5, 0.6) is 0 Å². The third-order valence-corrected chi connectivity index (χ3v) is 5.23. The molecule has 21 heavy (non-hydrogen) atoms. The fourth-order valence-electron chi connectivity index (χ4n) is 3.90. The van der Waals surface area contributed by atoms with Gasteiger partial charge in [-0.25, -0.2) is 0 Å². The highest BCUT2D eigenvalue weighted by atomic mass is 16.4. The van der Waals surface area contributed by atoms with Gasteiger partial charge in [0.15, 0.2) is 0 Å². The summed E-state index contributed by atoms with van der Waals surface area (Å²) < 4.78 is 0. The first-order valence-electron chi connectivity index (χ1n) is 8.32. The van der Waals surface area contributed by atoms with E-state index in [9.17, 15) is 9.59 Å². The molecule has 2 rings (SSSR count). The van der Waals surface area contributed by atoms with E-state index in [1.54, 1.807) is 0 Å². The van der Waals surface area contributed by atoms with E-state index in [0.717, 1.165) is 51.5 Å². The van der Waals surface area contributed by atoms with Crippen molar-refractivity contribution in [3.05, 3.63) is 0 Å². The molecule has 0 aromatic rings. The van der Waals surface area contributed by atoms with E-state index < -0.39 is 5.97 Å². The summed E-state index contributed by atoms with van der Waals surface area (Å²) in [5.41, 5.74) is 5.59. The largest absolute Gasteiger partial charge is 0.481 e.